The van der Waals surface area contributed by atoms with Gasteiger partial charge in [0.25, 0.3) is 0 Å². The number of hydrogen-bond donors (Lipinski definition) is 0. The van der Waals surface area contributed by atoms with Crippen molar-refractivity contribution in [2.75, 3.05) is 0 Å². The Morgan fingerprint density at radius 2 is 1.75 bits per heavy atom. The van der Waals surface area contributed by atoms with Gasteiger partial charge in [0.05, 0.1) is 0 Å². The minimum atomic E-state index is 0.208. The summed E-state index contributed by atoms with van der Waals surface area (Å²) in [6.07, 6.45) is 0. The first-order chi connectivity index (χ1) is 9.38. The lowest BCUT2D eigenvalue weighted by atomic mass is 9.94. The Balaban J connectivity index is 2.20. The molecule has 0 spiro atoms. The maximum Gasteiger partial charge on any atom is 0.119 e. The zero-order valence-electron chi connectivity index (χ0n) is 13.1. The molecule has 0 atom stereocenters. The van der Waals surface area contributed by atoms with E-state index < -0.39 is 0 Å². The van der Waals surface area contributed by atoms with Crippen molar-refractivity contribution in [3.8, 4) is 5.75 Å². The molecule has 0 bridgehead atoms. The van der Waals surface area contributed by atoms with Crippen LogP contribution in [0.4, 0.5) is 0 Å². The summed E-state index contributed by atoms with van der Waals surface area (Å²) in [6, 6.07) is 12.4. The van der Waals surface area contributed by atoms with Gasteiger partial charge in [0.2, 0.25) is 0 Å². The fraction of sp³-hybridized carbons (Fsp3) is 0.444. The zero-order chi connectivity index (χ0) is 14.8. The second-order valence-electron chi connectivity index (χ2n) is 6.51. The molecule has 0 saturated heterocycles. The number of para-hydroxylation sites is 1. The zero-order valence-corrected chi connectivity index (χ0v) is 13.9. The van der Waals surface area contributed by atoms with Crippen molar-refractivity contribution in [3.63, 3.8) is 0 Å². The molecule has 2 rings (SSSR count). The first-order valence-corrected chi connectivity index (χ1v) is 8.00. The summed E-state index contributed by atoms with van der Waals surface area (Å²) in [6.45, 7) is 12.0. The van der Waals surface area contributed by atoms with Crippen LogP contribution in [0.1, 0.15) is 55.9 Å². The number of ether oxygens (including phenoxy) is 1. The minimum absolute atomic E-state index is 0.208. The molecule has 20 heavy (non-hydrogen) atoms. The van der Waals surface area contributed by atoms with E-state index >= 15 is 0 Å². The molecule has 0 fully saturated rings. The van der Waals surface area contributed by atoms with Crippen LogP contribution in [0.25, 0.3) is 0 Å². The Morgan fingerprint density at radius 1 is 1.10 bits per heavy atom. The summed E-state index contributed by atoms with van der Waals surface area (Å²) < 4.78 is 5.92. The third kappa shape index (κ3) is 3.63. The highest BCUT2D eigenvalue weighted by atomic mass is 32.1. The van der Waals surface area contributed by atoms with E-state index in [0.29, 0.717) is 12.5 Å². The van der Waals surface area contributed by atoms with Gasteiger partial charge in [-0.3, -0.25) is 0 Å². The molecule has 1 aromatic carbocycles. The summed E-state index contributed by atoms with van der Waals surface area (Å²) in [4.78, 5) is 2.89. The van der Waals surface area contributed by atoms with Gasteiger partial charge in [-0.25, -0.2) is 0 Å². The van der Waals surface area contributed by atoms with E-state index in [2.05, 4.69) is 40.7 Å². The molecule has 0 saturated carbocycles. The summed E-state index contributed by atoms with van der Waals surface area (Å²) in [5.74, 6) is 1.48. The van der Waals surface area contributed by atoms with E-state index in [1.807, 2.05) is 41.7 Å². The van der Waals surface area contributed by atoms with Crippen LogP contribution in [-0.2, 0) is 12.0 Å². The molecule has 2 aromatic rings. The number of rotatable bonds is 4. The Hall–Kier alpha value is -1.28. The fourth-order valence-electron chi connectivity index (χ4n) is 2.09. The Kier molecular flexibility index (Phi) is 4.54. The molecule has 0 aliphatic heterocycles. The quantitative estimate of drug-likeness (QED) is 0.696. The van der Waals surface area contributed by atoms with Gasteiger partial charge in [0.1, 0.15) is 12.4 Å². The molecule has 0 amide bonds. The van der Waals surface area contributed by atoms with Gasteiger partial charge in [0, 0.05) is 15.3 Å². The van der Waals surface area contributed by atoms with E-state index in [0.717, 1.165) is 5.75 Å². The van der Waals surface area contributed by atoms with Crippen LogP contribution in [0.15, 0.2) is 36.4 Å². The maximum atomic E-state index is 5.92. The summed E-state index contributed by atoms with van der Waals surface area (Å²) >= 11 is 1.93. The largest absolute Gasteiger partial charge is 0.489 e. The van der Waals surface area contributed by atoms with Gasteiger partial charge in [0.15, 0.2) is 0 Å². The molecule has 108 valence electrons. The Morgan fingerprint density at radius 3 is 2.30 bits per heavy atom. The number of hydrogen-bond acceptors (Lipinski definition) is 2. The fourth-order valence-corrected chi connectivity index (χ4v) is 3.32. The van der Waals surface area contributed by atoms with Gasteiger partial charge < -0.3 is 4.74 Å². The van der Waals surface area contributed by atoms with Crippen molar-refractivity contribution in [2.45, 2.75) is 52.6 Å². The number of benzene rings is 1. The first-order valence-electron chi connectivity index (χ1n) is 7.19. The summed E-state index contributed by atoms with van der Waals surface area (Å²) in [5, 5.41) is 0. The van der Waals surface area contributed by atoms with E-state index in [4.69, 9.17) is 4.74 Å². The second kappa shape index (κ2) is 6.01. The Labute approximate surface area is 126 Å². The second-order valence-corrected chi connectivity index (χ2v) is 7.59. The molecule has 1 heterocycles. The first kappa shape index (κ1) is 15.1. The molecule has 0 N–H and O–H groups in total. The van der Waals surface area contributed by atoms with Gasteiger partial charge in [-0.15, -0.1) is 11.3 Å². The molecule has 0 aliphatic rings. The molecule has 1 aromatic heterocycles. The summed E-state index contributed by atoms with van der Waals surface area (Å²) in [5.41, 5.74) is 1.54. The van der Waals surface area contributed by atoms with Crippen molar-refractivity contribution in [1.29, 1.82) is 0 Å². The van der Waals surface area contributed by atoms with E-state index in [1.165, 1.54) is 15.3 Å². The topological polar surface area (TPSA) is 9.23 Å². The average molecular weight is 288 g/mol. The van der Waals surface area contributed by atoms with Crippen LogP contribution in [0, 0.1) is 0 Å². The van der Waals surface area contributed by atoms with Crippen LogP contribution < -0.4 is 4.74 Å². The van der Waals surface area contributed by atoms with Gasteiger partial charge in [-0.2, -0.15) is 0 Å². The smallest absolute Gasteiger partial charge is 0.119 e. The minimum Gasteiger partial charge on any atom is -0.489 e. The highest BCUT2D eigenvalue weighted by molar-refractivity contribution is 7.12. The van der Waals surface area contributed by atoms with E-state index in [-0.39, 0.29) is 5.41 Å². The van der Waals surface area contributed by atoms with Crippen molar-refractivity contribution in [2.24, 2.45) is 0 Å². The predicted molar refractivity (Wildman–Crippen MR) is 87.9 cm³/mol. The highest BCUT2D eigenvalue weighted by Gasteiger charge is 2.21. The van der Waals surface area contributed by atoms with Crippen LogP contribution in [0.2, 0.25) is 0 Å². The van der Waals surface area contributed by atoms with Crippen LogP contribution >= 0.6 is 11.3 Å². The van der Waals surface area contributed by atoms with Crippen LogP contribution in [-0.4, -0.2) is 0 Å². The molecule has 0 aliphatic carbocycles. The molecule has 2 heteroatoms. The molecule has 0 radical (unpaired) electrons. The summed E-state index contributed by atoms with van der Waals surface area (Å²) in [7, 11) is 0. The van der Waals surface area contributed by atoms with E-state index in [1.54, 1.807) is 0 Å². The SMILES string of the molecule is CC(C)c1sc(C(C)(C)C)cc1COc1ccccc1. The average Bonchev–Trinajstić information content (AvgIpc) is 2.82. The lowest BCUT2D eigenvalue weighted by Crippen LogP contribution is -2.08. The van der Waals surface area contributed by atoms with Crippen LogP contribution in [0.5, 0.6) is 5.75 Å². The third-order valence-corrected chi connectivity index (χ3v) is 5.15. The van der Waals surface area contributed by atoms with E-state index in [9.17, 15) is 0 Å². The highest BCUT2D eigenvalue weighted by Crippen LogP contribution is 2.36. The molecule has 0 unspecified atom stereocenters. The lowest BCUT2D eigenvalue weighted by Gasteiger charge is -2.15. The monoisotopic (exact) mass is 288 g/mol. The normalized spacial score (nSPS) is 11.9. The third-order valence-electron chi connectivity index (χ3n) is 3.24. The van der Waals surface area contributed by atoms with Gasteiger partial charge >= 0.3 is 0 Å². The lowest BCUT2D eigenvalue weighted by molar-refractivity contribution is 0.305. The molecule has 1 nitrogen and oxygen atoms in total. The standard InChI is InChI=1S/C18H24OS/c1-13(2)17-14(11-16(20-17)18(3,4)5)12-19-15-9-7-6-8-10-15/h6-11,13H,12H2,1-5H3. The van der Waals surface area contributed by atoms with Gasteiger partial charge in [-0.05, 0) is 29.5 Å². The predicted octanol–water partition coefficient (Wildman–Crippen LogP) is 5.75. The van der Waals surface area contributed by atoms with Crippen molar-refractivity contribution < 1.29 is 4.74 Å². The Bertz CT molecular complexity index is 547. The van der Waals surface area contributed by atoms with Crippen LogP contribution in [0.3, 0.4) is 0 Å². The molecular weight excluding hydrogens is 264 g/mol. The maximum absolute atomic E-state index is 5.92. The number of thiophene rings is 1. The van der Waals surface area contributed by atoms with Crippen molar-refractivity contribution >= 4 is 11.3 Å². The van der Waals surface area contributed by atoms with Crippen molar-refractivity contribution in [1.82, 2.24) is 0 Å². The van der Waals surface area contributed by atoms with Crippen molar-refractivity contribution in [3.05, 3.63) is 51.7 Å². The van der Waals surface area contributed by atoms with Gasteiger partial charge in [-0.1, -0.05) is 52.8 Å². The molecular formula is C18H24OS.